The van der Waals surface area contributed by atoms with Crippen LogP contribution >= 0.6 is 23.1 Å². The van der Waals surface area contributed by atoms with Crippen LogP contribution in [0.25, 0.3) is 0 Å². The summed E-state index contributed by atoms with van der Waals surface area (Å²) in [5, 5.41) is -0.0695. The normalized spacial score (nSPS) is 22.1. The Bertz CT molecular complexity index is 1100. The molecular weight excluding hydrogens is 424 g/mol. The largest absolute Gasteiger partial charge is 0.465 e. The molecular formula is C21H22N2O5S2. The Balaban J connectivity index is 1.75. The number of amides is 2. The molecule has 30 heavy (non-hydrogen) atoms. The van der Waals surface area contributed by atoms with Crippen LogP contribution in [0.3, 0.4) is 0 Å². The van der Waals surface area contributed by atoms with Crippen LogP contribution in [0.5, 0.6) is 0 Å². The van der Waals surface area contributed by atoms with E-state index in [9.17, 15) is 19.2 Å². The summed E-state index contributed by atoms with van der Waals surface area (Å²) in [7, 11) is 0. The standard InChI is InChI=1S/C21H22N2O5S2/c1-5-28-13(24)10-22-19-16(30-20(22)27)21(3,4)14-15(29-19)18(26)23(17(14)25)12-8-6-11(2)7-9-12/h6-9,14-15H,5,10H2,1-4H3. The van der Waals surface area contributed by atoms with Crippen molar-refractivity contribution in [1.82, 2.24) is 4.57 Å². The minimum absolute atomic E-state index is 0.206. The number of carbonyl (C=O) groups excluding carboxylic acids is 3. The first-order valence-electron chi connectivity index (χ1n) is 9.67. The summed E-state index contributed by atoms with van der Waals surface area (Å²) >= 11 is 2.24. The molecule has 2 amide bonds. The number of ether oxygens (including phenoxy) is 1. The van der Waals surface area contributed by atoms with Gasteiger partial charge < -0.3 is 4.74 Å². The molecule has 1 aromatic heterocycles. The number of hydrogen-bond donors (Lipinski definition) is 0. The third-order valence-corrected chi connectivity index (χ3v) is 8.41. The molecule has 1 aromatic carbocycles. The molecule has 2 aliphatic rings. The van der Waals surface area contributed by atoms with Crippen molar-refractivity contribution >= 4 is 46.6 Å². The zero-order valence-corrected chi connectivity index (χ0v) is 18.8. The van der Waals surface area contributed by atoms with Crippen molar-refractivity contribution in [1.29, 1.82) is 0 Å². The number of anilines is 1. The van der Waals surface area contributed by atoms with Gasteiger partial charge in [-0.05, 0) is 26.0 Å². The van der Waals surface area contributed by atoms with E-state index >= 15 is 0 Å². The number of carbonyl (C=O) groups is 3. The Kier molecular flexibility index (Phi) is 5.14. The quantitative estimate of drug-likeness (QED) is 0.530. The number of nitrogens with zero attached hydrogens (tertiary/aromatic N) is 2. The van der Waals surface area contributed by atoms with E-state index in [1.807, 2.05) is 32.9 Å². The van der Waals surface area contributed by atoms with Crippen molar-refractivity contribution in [2.24, 2.45) is 5.92 Å². The van der Waals surface area contributed by atoms with Crippen LogP contribution in [0.15, 0.2) is 34.1 Å². The van der Waals surface area contributed by atoms with Gasteiger partial charge in [0.1, 0.15) is 11.8 Å². The van der Waals surface area contributed by atoms with Crippen molar-refractivity contribution in [3.63, 3.8) is 0 Å². The van der Waals surface area contributed by atoms with Crippen LogP contribution in [0.1, 0.15) is 31.2 Å². The van der Waals surface area contributed by atoms with Gasteiger partial charge >= 0.3 is 10.8 Å². The van der Waals surface area contributed by atoms with Gasteiger partial charge in [0.05, 0.1) is 23.2 Å². The van der Waals surface area contributed by atoms with Crippen molar-refractivity contribution < 1.29 is 19.1 Å². The molecule has 0 radical (unpaired) electrons. The second-order valence-electron chi connectivity index (χ2n) is 7.98. The van der Waals surface area contributed by atoms with Gasteiger partial charge in [0.2, 0.25) is 11.8 Å². The maximum atomic E-state index is 13.4. The molecule has 0 saturated carbocycles. The molecule has 0 bridgehead atoms. The summed E-state index contributed by atoms with van der Waals surface area (Å²) in [6.07, 6.45) is 0. The Morgan fingerprint density at radius 3 is 2.43 bits per heavy atom. The fourth-order valence-corrected chi connectivity index (χ4v) is 7.09. The van der Waals surface area contributed by atoms with Crippen molar-refractivity contribution in [2.75, 3.05) is 11.5 Å². The van der Waals surface area contributed by atoms with Gasteiger partial charge in [-0.2, -0.15) is 0 Å². The molecule has 2 atom stereocenters. The molecule has 1 fully saturated rings. The number of benzene rings is 1. The van der Waals surface area contributed by atoms with E-state index in [4.69, 9.17) is 4.74 Å². The molecule has 1 saturated heterocycles. The van der Waals surface area contributed by atoms with Gasteiger partial charge in [0, 0.05) is 10.3 Å². The summed E-state index contributed by atoms with van der Waals surface area (Å²) in [4.78, 5) is 53.0. The predicted octanol–water partition coefficient (Wildman–Crippen LogP) is 2.72. The van der Waals surface area contributed by atoms with Gasteiger partial charge in [-0.25, -0.2) is 4.90 Å². The van der Waals surface area contributed by atoms with E-state index in [1.54, 1.807) is 19.1 Å². The van der Waals surface area contributed by atoms with Gasteiger partial charge in [-0.15, -0.1) is 0 Å². The Labute approximate surface area is 182 Å². The third kappa shape index (κ3) is 3.11. The zero-order valence-electron chi connectivity index (χ0n) is 17.1. The summed E-state index contributed by atoms with van der Waals surface area (Å²) in [6.45, 7) is 7.44. The molecule has 158 valence electrons. The molecule has 2 aliphatic heterocycles. The SMILES string of the molecule is CCOC(=O)Cn1c2c(sc1=O)C(C)(C)C1C(=O)N(c3ccc(C)cc3)C(=O)C1S2. The van der Waals surface area contributed by atoms with Crippen molar-refractivity contribution in [2.45, 2.75) is 49.9 Å². The first-order valence-corrected chi connectivity index (χ1v) is 11.4. The van der Waals surface area contributed by atoms with Gasteiger partial charge in [-0.3, -0.25) is 23.7 Å². The number of fused-ring (bicyclic) bond motifs is 2. The fourth-order valence-electron chi connectivity index (χ4n) is 4.05. The lowest BCUT2D eigenvalue weighted by atomic mass is 9.76. The molecule has 2 unspecified atom stereocenters. The van der Waals surface area contributed by atoms with Gasteiger partial charge in [-0.1, -0.05) is 54.6 Å². The van der Waals surface area contributed by atoms with Crippen LogP contribution in [0, 0.1) is 12.8 Å². The lowest BCUT2D eigenvalue weighted by Crippen LogP contribution is -2.41. The van der Waals surface area contributed by atoms with E-state index in [0.29, 0.717) is 10.7 Å². The summed E-state index contributed by atoms with van der Waals surface area (Å²) in [6, 6.07) is 7.27. The molecule has 2 aromatic rings. The Morgan fingerprint density at radius 2 is 1.80 bits per heavy atom. The lowest BCUT2D eigenvalue weighted by Gasteiger charge is -2.36. The van der Waals surface area contributed by atoms with Crippen LogP contribution in [-0.2, 0) is 31.1 Å². The highest BCUT2D eigenvalue weighted by molar-refractivity contribution is 8.00. The number of thiazole rings is 1. The number of aromatic nitrogens is 1. The molecule has 7 nitrogen and oxygen atoms in total. The monoisotopic (exact) mass is 446 g/mol. The summed E-state index contributed by atoms with van der Waals surface area (Å²) in [5.41, 5.74) is 0.866. The molecule has 0 spiro atoms. The molecule has 9 heteroatoms. The first kappa shape index (κ1) is 20.9. The third-order valence-electron chi connectivity index (χ3n) is 5.59. The number of rotatable bonds is 4. The average molecular weight is 447 g/mol. The van der Waals surface area contributed by atoms with E-state index in [2.05, 4.69) is 0 Å². The number of esters is 1. The Hall–Kier alpha value is -2.39. The van der Waals surface area contributed by atoms with E-state index < -0.39 is 22.6 Å². The number of aryl methyl sites for hydroxylation is 1. The highest BCUT2D eigenvalue weighted by Crippen LogP contribution is 2.54. The first-order chi connectivity index (χ1) is 14.2. The highest BCUT2D eigenvalue weighted by atomic mass is 32.2. The highest BCUT2D eigenvalue weighted by Gasteiger charge is 2.59. The molecule has 3 heterocycles. The smallest absolute Gasteiger partial charge is 0.326 e. The van der Waals surface area contributed by atoms with E-state index in [0.717, 1.165) is 21.8 Å². The van der Waals surface area contributed by atoms with Crippen LogP contribution in [0.2, 0.25) is 0 Å². The van der Waals surface area contributed by atoms with Crippen LogP contribution in [-0.4, -0.2) is 34.2 Å². The summed E-state index contributed by atoms with van der Waals surface area (Å²) in [5.74, 6) is -1.64. The van der Waals surface area contributed by atoms with E-state index in [-0.39, 0.29) is 29.8 Å². The lowest BCUT2D eigenvalue weighted by molar-refractivity contribution is -0.144. The number of imide groups is 1. The van der Waals surface area contributed by atoms with Crippen LogP contribution in [0.4, 0.5) is 5.69 Å². The molecule has 0 N–H and O–H groups in total. The van der Waals surface area contributed by atoms with Gasteiger partial charge in [0.15, 0.2) is 0 Å². The van der Waals surface area contributed by atoms with E-state index in [1.165, 1.54) is 21.2 Å². The topological polar surface area (TPSA) is 85.7 Å². The van der Waals surface area contributed by atoms with Crippen molar-refractivity contribution in [3.05, 3.63) is 44.4 Å². The zero-order chi connectivity index (χ0) is 21.8. The van der Waals surface area contributed by atoms with Crippen molar-refractivity contribution in [3.8, 4) is 0 Å². The molecule has 0 aliphatic carbocycles. The number of thioether (sulfide) groups is 1. The molecule has 4 rings (SSSR count). The second-order valence-corrected chi connectivity index (χ2v) is 10.1. The van der Waals surface area contributed by atoms with Crippen LogP contribution < -0.4 is 9.77 Å². The minimum Gasteiger partial charge on any atom is -0.465 e. The Morgan fingerprint density at radius 1 is 1.13 bits per heavy atom. The number of hydrogen-bond acceptors (Lipinski definition) is 7. The summed E-state index contributed by atoms with van der Waals surface area (Å²) < 4.78 is 6.36. The maximum Gasteiger partial charge on any atom is 0.326 e. The fraction of sp³-hybridized carbons (Fsp3) is 0.429. The van der Waals surface area contributed by atoms with Gasteiger partial charge in [0.25, 0.3) is 0 Å². The average Bonchev–Trinajstić information content (AvgIpc) is 3.12. The predicted molar refractivity (Wildman–Crippen MR) is 115 cm³/mol. The minimum atomic E-state index is -0.721. The second kappa shape index (κ2) is 7.39. The maximum absolute atomic E-state index is 13.4.